The van der Waals surface area contributed by atoms with Gasteiger partial charge in [-0.1, -0.05) is 215 Å². The van der Waals surface area contributed by atoms with Crippen LogP contribution in [0, 0.1) is 0 Å². The van der Waals surface area contributed by atoms with Crippen molar-refractivity contribution in [1.82, 2.24) is 18.7 Å². The highest BCUT2D eigenvalue weighted by Gasteiger charge is 2.28. The molecule has 0 saturated heterocycles. The fourth-order valence-corrected chi connectivity index (χ4v) is 12.5. The van der Waals surface area contributed by atoms with Gasteiger partial charge in [0.25, 0.3) is 0 Å². The molecule has 0 fully saturated rings. The topological polar surface area (TPSA) is 27.7 Å². The first-order valence-electron chi connectivity index (χ1n) is 27.4. The van der Waals surface area contributed by atoms with E-state index in [0.717, 1.165) is 106 Å². The second-order valence-electron chi connectivity index (χ2n) is 21.9. The van der Waals surface area contributed by atoms with Gasteiger partial charge >= 0.3 is 0 Å². The Morgan fingerprint density at radius 3 is 1.10 bits per heavy atom. The van der Waals surface area contributed by atoms with E-state index in [2.05, 4.69) is 307 Å². The largest absolute Gasteiger partial charge is 0.309 e. The second kappa shape index (κ2) is 18.3. The van der Waals surface area contributed by atoms with Crippen molar-refractivity contribution < 1.29 is 0 Å². The first kappa shape index (κ1) is 46.3. The summed E-state index contributed by atoms with van der Waals surface area (Å²) in [7, 11) is 0. The maximum Gasteiger partial charge on any atom is 0.0716 e. The Bertz CT molecular complexity index is 4530. The Labute approximate surface area is 459 Å². The molecule has 4 heteroatoms. The highest BCUT2D eigenvalue weighted by Crippen LogP contribution is 2.49. The van der Waals surface area contributed by atoms with Crippen LogP contribution in [0.1, 0.15) is 26.3 Å². The van der Waals surface area contributed by atoms with Crippen LogP contribution in [0.25, 0.3) is 138 Å². The molecule has 0 saturated carbocycles. The van der Waals surface area contributed by atoms with Crippen molar-refractivity contribution in [2.24, 2.45) is 0 Å². The zero-order valence-corrected chi connectivity index (χ0v) is 44.3. The second-order valence-corrected chi connectivity index (χ2v) is 21.9. The Balaban J connectivity index is 1.14. The molecule has 0 aliphatic rings. The number of nitrogens with zero attached hydrogens (tertiary/aromatic N) is 4. The van der Waals surface area contributed by atoms with Crippen molar-refractivity contribution in [2.75, 3.05) is 0 Å². The van der Waals surface area contributed by atoms with E-state index < -0.39 is 0 Å². The van der Waals surface area contributed by atoms with E-state index in [1.807, 2.05) is 0 Å². The quantitative estimate of drug-likeness (QED) is 0.149. The van der Waals surface area contributed by atoms with Crippen LogP contribution < -0.4 is 0 Å². The predicted octanol–water partition coefficient (Wildman–Crippen LogP) is 20.0. The molecule has 4 heterocycles. The molecule has 15 rings (SSSR count). The molecule has 4 aromatic heterocycles. The summed E-state index contributed by atoms with van der Waals surface area (Å²) in [6.07, 6.45) is 0. The summed E-state index contributed by atoms with van der Waals surface area (Å²) >= 11 is 0. The molecule has 374 valence electrons. The number of pyridine rings is 1. The molecule has 0 bridgehead atoms. The molecule has 0 amide bonds. The van der Waals surface area contributed by atoms with Crippen molar-refractivity contribution in [3.8, 4) is 73.0 Å². The van der Waals surface area contributed by atoms with E-state index in [1.54, 1.807) is 0 Å². The molecule has 15 aromatic rings. The van der Waals surface area contributed by atoms with Gasteiger partial charge in [-0.15, -0.1) is 0 Å². The fourth-order valence-electron chi connectivity index (χ4n) is 12.5. The number of hydrogen-bond donors (Lipinski definition) is 0. The lowest BCUT2D eigenvalue weighted by atomic mass is 9.86. The van der Waals surface area contributed by atoms with E-state index in [4.69, 9.17) is 4.98 Å². The van der Waals surface area contributed by atoms with Gasteiger partial charge in [0, 0.05) is 65.7 Å². The summed E-state index contributed by atoms with van der Waals surface area (Å²) in [6.45, 7) is 6.93. The number of fused-ring (bicyclic) bond motifs is 9. The standard InChI is InChI=1S/C75H54N4/c1-75(2,3)53-42-43-73-61(48-53)58-32-14-23-41-72(58)79(73)74-62(59-33-15-21-39-70(59)77-66-35-17-10-28-54(66)55-29-11-18-36-67(55)77)44-52(65-47-51(49-24-6-4-7-25-49)46-64(76-65)50-26-8-5-9-27-50)45-63(74)60-34-16-22-40-71(60)78-68-37-19-12-30-56(68)57-31-13-20-38-69(57)78/h4-48H,1-3H3. The van der Waals surface area contributed by atoms with Crippen LogP contribution >= 0.6 is 0 Å². The van der Waals surface area contributed by atoms with Gasteiger partial charge in [-0.05, 0) is 101 Å². The molecule has 0 aliphatic carbocycles. The SMILES string of the molecule is CC(C)(C)c1ccc2c(c1)c1ccccc1n2-c1c(-c2ccccc2-n2c3ccccc3c3ccccc32)cc(-c2cc(-c3ccccc3)cc(-c3ccccc3)n2)cc1-c1ccccc1-n1c2ccccc2c2ccccc21. The van der Waals surface area contributed by atoms with Crippen LogP contribution in [-0.4, -0.2) is 18.7 Å². The smallest absolute Gasteiger partial charge is 0.0716 e. The zero-order valence-electron chi connectivity index (χ0n) is 44.3. The molecule has 0 atom stereocenters. The number of benzene rings is 11. The molecular weight excluding hydrogens is 957 g/mol. The summed E-state index contributed by atoms with van der Waals surface area (Å²) in [6, 6.07) is 100. The molecule has 0 spiro atoms. The minimum Gasteiger partial charge on any atom is -0.309 e. The Kier molecular flexibility index (Phi) is 10.7. The van der Waals surface area contributed by atoms with Crippen molar-refractivity contribution in [1.29, 1.82) is 0 Å². The van der Waals surface area contributed by atoms with Gasteiger partial charge in [-0.25, -0.2) is 4.98 Å². The van der Waals surface area contributed by atoms with Gasteiger partial charge < -0.3 is 13.7 Å². The zero-order chi connectivity index (χ0) is 52.8. The van der Waals surface area contributed by atoms with E-state index in [0.29, 0.717) is 0 Å². The summed E-state index contributed by atoms with van der Waals surface area (Å²) < 4.78 is 7.52. The molecule has 0 N–H and O–H groups in total. The highest BCUT2D eigenvalue weighted by molar-refractivity contribution is 6.14. The van der Waals surface area contributed by atoms with E-state index in [1.165, 1.54) is 37.9 Å². The minimum absolute atomic E-state index is 0.0578. The molecule has 0 unspecified atom stereocenters. The maximum atomic E-state index is 5.69. The van der Waals surface area contributed by atoms with Crippen LogP contribution in [0.3, 0.4) is 0 Å². The third-order valence-corrected chi connectivity index (χ3v) is 16.2. The van der Waals surface area contributed by atoms with Crippen LogP contribution in [0.5, 0.6) is 0 Å². The van der Waals surface area contributed by atoms with E-state index in [-0.39, 0.29) is 5.41 Å². The molecule has 0 aliphatic heterocycles. The number of hydrogen-bond acceptors (Lipinski definition) is 1. The van der Waals surface area contributed by atoms with Crippen molar-refractivity contribution in [2.45, 2.75) is 26.2 Å². The average molecular weight is 1010 g/mol. The molecule has 4 nitrogen and oxygen atoms in total. The van der Waals surface area contributed by atoms with Gasteiger partial charge in [0.1, 0.15) is 0 Å². The van der Waals surface area contributed by atoms with Crippen LogP contribution in [0.4, 0.5) is 0 Å². The molecular formula is C75H54N4. The summed E-state index contributed by atoms with van der Waals surface area (Å²) in [4.78, 5) is 5.69. The van der Waals surface area contributed by atoms with Gasteiger partial charge in [0.2, 0.25) is 0 Å². The third-order valence-electron chi connectivity index (χ3n) is 16.2. The van der Waals surface area contributed by atoms with Gasteiger partial charge in [0.05, 0.1) is 61.6 Å². The lowest BCUT2D eigenvalue weighted by Gasteiger charge is -2.25. The van der Waals surface area contributed by atoms with Gasteiger partial charge in [-0.2, -0.15) is 0 Å². The fraction of sp³-hybridized carbons (Fsp3) is 0.0533. The monoisotopic (exact) mass is 1010 g/mol. The maximum absolute atomic E-state index is 5.69. The van der Waals surface area contributed by atoms with Crippen LogP contribution in [-0.2, 0) is 5.41 Å². The van der Waals surface area contributed by atoms with Crippen LogP contribution in [0.15, 0.2) is 273 Å². The van der Waals surface area contributed by atoms with Crippen LogP contribution in [0.2, 0.25) is 0 Å². The lowest BCUT2D eigenvalue weighted by molar-refractivity contribution is 0.591. The van der Waals surface area contributed by atoms with E-state index >= 15 is 0 Å². The minimum atomic E-state index is -0.0578. The number of aromatic nitrogens is 4. The first-order chi connectivity index (χ1) is 38.9. The Morgan fingerprint density at radius 2 is 0.633 bits per heavy atom. The Morgan fingerprint density at radius 1 is 0.266 bits per heavy atom. The summed E-state index contributed by atoms with van der Waals surface area (Å²) in [5, 5.41) is 7.30. The van der Waals surface area contributed by atoms with Crippen molar-refractivity contribution >= 4 is 65.4 Å². The highest BCUT2D eigenvalue weighted by atomic mass is 15.0. The summed E-state index contributed by atoms with van der Waals surface area (Å²) in [5.41, 5.74) is 21.9. The molecule has 0 radical (unpaired) electrons. The van der Waals surface area contributed by atoms with Gasteiger partial charge in [0.15, 0.2) is 0 Å². The summed E-state index contributed by atoms with van der Waals surface area (Å²) in [5.74, 6) is 0. The predicted molar refractivity (Wildman–Crippen MR) is 333 cm³/mol. The average Bonchev–Trinajstić information content (AvgIpc) is 4.29. The lowest BCUT2D eigenvalue weighted by Crippen LogP contribution is -2.10. The Hall–Kier alpha value is -10.0. The van der Waals surface area contributed by atoms with E-state index in [9.17, 15) is 0 Å². The van der Waals surface area contributed by atoms with Crippen molar-refractivity contribution in [3.63, 3.8) is 0 Å². The molecule has 11 aromatic carbocycles. The van der Waals surface area contributed by atoms with Gasteiger partial charge in [-0.3, -0.25) is 0 Å². The number of para-hydroxylation sites is 7. The number of rotatable bonds is 8. The molecule has 79 heavy (non-hydrogen) atoms. The first-order valence-corrected chi connectivity index (χ1v) is 27.4. The normalized spacial score (nSPS) is 12.0. The third kappa shape index (κ3) is 7.55. The van der Waals surface area contributed by atoms with Crippen molar-refractivity contribution in [3.05, 3.63) is 279 Å².